The molecule has 0 aliphatic carbocycles. The molecule has 4 rings (SSSR count). The Labute approximate surface area is 163 Å². The average Bonchev–Trinajstić information content (AvgIpc) is 2.98. The number of hydrogen-bond donors (Lipinski definition) is 2. The van der Waals surface area contributed by atoms with E-state index in [0.717, 1.165) is 48.4 Å². The molecule has 2 N–H and O–H groups in total. The third-order valence-corrected chi connectivity index (χ3v) is 6.20. The Morgan fingerprint density at radius 1 is 1.19 bits per heavy atom. The molecule has 0 saturated carbocycles. The molecule has 0 unspecified atom stereocenters. The molecule has 1 saturated heterocycles. The maximum atomic E-state index is 6.22. The summed E-state index contributed by atoms with van der Waals surface area (Å²) in [4.78, 5) is 11.2. The molecule has 136 valence electrons. The molecule has 0 amide bonds. The lowest BCUT2D eigenvalue weighted by atomic mass is 10.0. The minimum absolute atomic E-state index is 0.308. The lowest BCUT2D eigenvalue weighted by Crippen LogP contribution is -2.35. The van der Waals surface area contributed by atoms with E-state index in [0.29, 0.717) is 11.3 Å². The third-order valence-electron chi connectivity index (χ3n) is 5.03. The topological polar surface area (TPSA) is 49.8 Å². The molecule has 1 aliphatic rings. The van der Waals surface area contributed by atoms with Gasteiger partial charge in [-0.2, -0.15) is 0 Å². The van der Waals surface area contributed by atoms with Gasteiger partial charge in [0.25, 0.3) is 0 Å². The summed E-state index contributed by atoms with van der Waals surface area (Å²) in [5.41, 5.74) is 3.78. The van der Waals surface area contributed by atoms with Gasteiger partial charge in [-0.3, -0.25) is 0 Å². The maximum absolute atomic E-state index is 6.22. The van der Waals surface area contributed by atoms with Crippen LogP contribution in [0.1, 0.15) is 30.2 Å². The molecule has 1 aliphatic heterocycles. The molecule has 2 aromatic heterocycles. The van der Waals surface area contributed by atoms with Crippen LogP contribution in [0.15, 0.2) is 24.3 Å². The first-order valence-corrected chi connectivity index (χ1v) is 10.4. The number of aryl methyl sites for hydroxylation is 2. The first kappa shape index (κ1) is 17.7. The first-order valence-electron chi connectivity index (χ1n) is 9.19. The number of piperidine rings is 1. The molecule has 26 heavy (non-hydrogen) atoms. The van der Waals surface area contributed by atoms with Gasteiger partial charge in [-0.25, -0.2) is 9.97 Å². The van der Waals surface area contributed by atoms with Crippen LogP contribution < -0.4 is 10.6 Å². The standard InChI is InChI=1S/C20H23ClN4S/c1-3-13-4-6-14(7-5-13)16-12(2)26-19-17(16)18(24-20(21)25-19)23-15-8-10-22-11-9-15/h4-7,15,22H,3,8-11H2,1-2H3,(H,23,24,25). The summed E-state index contributed by atoms with van der Waals surface area (Å²) >= 11 is 7.91. The predicted octanol–water partition coefficient (Wildman–Crippen LogP) is 5.05. The number of nitrogens with zero attached hydrogens (tertiary/aromatic N) is 2. The van der Waals surface area contributed by atoms with Crippen LogP contribution >= 0.6 is 22.9 Å². The number of nitrogens with one attached hydrogen (secondary N) is 2. The monoisotopic (exact) mass is 386 g/mol. The van der Waals surface area contributed by atoms with Gasteiger partial charge in [-0.05, 0) is 62.0 Å². The molecule has 0 atom stereocenters. The van der Waals surface area contributed by atoms with Crippen molar-refractivity contribution in [1.82, 2.24) is 15.3 Å². The number of anilines is 1. The highest BCUT2D eigenvalue weighted by Gasteiger charge is 2.21. The number of rotatable bonds is 4. The molecule has 3 heterocycles. The first-order chi connectivity index (χ1) is 12.7. The van der Waals surface area contributed by atoms with Gasteiger partial charge >= 0.3 is 0 Å². The molecule has 0 bridgehead atoms. The number of aromatic nitrogens is 2. The van der Waals surface area contributed by atoms with Crippen LogP contribution in [0.5, 0.6) is 0 Å². The molecular formula is C20H23ClN4S. The molecular weight excluding hydrogens is 364 g/mol. The second kappa shape index (κ2) is 7.51. The number of halogens is 1. The fraction of sp³-hybridized carbons (Fsp3) is 0.400. The fourth-order valence-corrected chi connectivity index (χ4v) is 4.87. The van der Waals surface area contributed by atoms with Crippen LogP contribution in [-0.4, -0.2) is 29.1 Å². The van der Waals surface area contributed by atoms with Crippen LogP contribution in [0.4, 0.5) is 5.82 Å². The summed E-state index contributed by atoms with van der Waals surface area (Å²) in [6.45, 7) is 6.40. The molecule has 0 radical (unpaired) electrons. The summed E-state index contributed by atoms with van der Waals surface area (Å²) in [7, 11) is 0. The Kier molecular flexibility index (Phi) is 5.11. The van der Waals surface area contributed by atoms with Crippen molar-refractivity contribution < 1.29 is 0 Å². The van der Waals surface area contributed by atoms with Gasteiger partial charge in [-0.1, -0.05) is 31.2 Å². The van der Waals surface area contributed by atoms with Crippen molar-refractivity contribution >= 4 is 39.0 Å². The zero-order chi connectivity index (χ0) is 18.1. The minimum Gasteiger partial charge on any atom is -0.367 e. The SMILES string of the molecule is CCc1ccc(-c2c(C)sc3nc(Cl)nc(NC4CCNCC4)c23)cc1. The normalized spacial score (nSPS) is 15.5. The van der Waals surface area contributed by atoms with E-state index in [1.165, 1.54) is 21.6 Å². The average molecular weight is 387 g/mol. The fourth-order valence-electron chi connectivity index (χ4n) is 3.60. The smallest absolute Gasteiger partial charge is 0.225 e. The Bertz CT molecular complexity index is 914. The van der Waals surface area contributed by atoms with Gasteiger partial charge in [0, 0.05) is 16.5 Å². The van der Waals surface area contributed by atoms with E-state index in [2.05, 4.69) is 58.7 Å². The van der Waals surface area contributed by atoms with E-state index in [9.17, 15) is 0 Å². The summed E-state index contributed by atoms with van der Waals surface area (Å²) in [5.74, 6) is 0.866. The zero-order valence-corrected chi connectivity index (χ0v) is 16.7. The van der Waals surface area contributed by atoms with E-state index in [4.69, 9.17) is 11.6 Å². The molecule has 6 heteroatoms. The van der Waals surface area contributed by atoms with E-state index < -0.39 is 0 Å². The summed E-state index contributed by atoms with van der Waals surface area (Å²) in [6, 6.07) is 9.23. The minimum atomic E-state index is 0.308. The zero-order valence-electron chi connectivity index (χ0n) is 15.1. The van der Waals surface area contributed by atoms with Crippen LogP contribution in [0, 0.1) is 6.92 Å². The molecule has 1 aromatic carbocycles. The Hall–Kier alpha value is -1.69. The van der Waals surface area contributed by atoms with Crippen molar-refractivity contribution in [3.8, 4) is 11.1 Å². The molecule has 0 spiro atoms. The van der Waals surface area contributed by atoms with Crippen LogP contribution in [-0.2, 0) is 6.42 Å². The van der Waals surface area contributed by atoms with Gasteiger partial charge in [0.15, 0.2) is 0 Å². The quantitative estimate of drug-likeness (QED) is 0.616. The van der Waals surface area contributed by atoms with Gasteiger partial charge < -0.3 is 10.6 Å². The highest BCUT2D eigenvalue weighted by atomic mass is 35.5. The second-order valence-corrected chi connectivity index (χ2v) is 8.31. The number of thiophene rings is 1. The lowest BCUT2D eigenvalue weighted by Gasteiger charge is -2.24. The number of fused-ring (bicyclic) bond motifs is 1. The second-order valence-electron chi connectivity index (χ2n) is 6.77. The van der Waals surface area contributed by atoms with E-state index >= 15 is 0 Å². The Morgan fingerprint density at radius 2 is 1.92 bits per heavy atom. The highest BCUT2D eigenvalue weighted by molar-refractivity contribution is 7.19. The third kappa shape index (κ3) is 3.43. The molecule has 4 nitrogen and oxygen atoms in total. The van der Waals surface area contributed by atoms with Crippen molar-refractivity contribution in [2.24, 2.45) is 0 Å². The largest absolute Gasteiger partial charge is 0.367 e. The maximum Gasteiger partial charge on any atom is 0.225 e. The molecule has 3 aromatic rings. The lowest BCUT2D eigenvalue weighted by molar-refractivity contribution is 0.478. The van der Waals surface area contributed by atoms with E-state index in [1.807, 2.05) is 0 Å². The Morgan fingerprint density at radius 3 is 2.62 bits per heavy atom. The van der Waals surface area contributed by atoms with Crippen LogP contribution in [0.3, 0.4) is 0 Å². The van der Waals surface area contributed by atoms with Gasteiger partial charge in [0.2, 0.25) is 5.28 Å². The predicted molar refractivity (Wildman–Crippen MR) is 111 cm³/mol. The van der Waals surface area contributed by atoms with E-state index in [1.54, 1.807) is 11.3 Å². The number of benzene rings is 1. The summed E-state index contributed by atoms with van der Waals surface area (Å²) in [6.07, 6.45) is 3.23. The van der Waals surface area contributed by atoms with Gasteiger partial charge in [-0.15, -0.1) is 11.3 Å². The number of hydrogen-bond acceptors (Lipinski definition) is 5. The van der Waals surface area contributed by atoms with Crippen molar-refractivity contribution in [3.63, 3.8) is 0 Å². The van der Waals surface area contributed by atoms with Crippen LogP contribution in [0.25, 0.3) is 21.3 Å². The van der Waals surface area contributed by atoms with Crippen LogP contribution in [0.2, 0.25) is 5.28 Å². The van der Waals surface area contributed by atoms with Crippen molar-refractivity contribution in [2.45, 2.75) is 39.2 Å². The van der Waals surface area contributed by atoms with E-state index in [-0.39, 0.29) is 0 Å². The van der Waals surface area contributed by atoms with Gasteiger partial charge in [0.1, 0.15) is 10.6 Å². The van der Waals surface area contributed by atoms with Crippen molar-refractivity contribution in [1.29, 1.82) is 0 Å². The van der Waals surface area contributed by atoms with Gasteiger partial charge in [0.05, 0.1) is 5.39 Å². The molecule has 1 fully saturated rings. The summed E-state index contributed by atoms with van der Waals surface area (Å²) < 4.78 is 0. The Balaban J connectivity index is 1.82. The highest BCUT2D eigenvalue weighted by Crippen LogP contribution is 2.41. The summed E-state index contributed by atoms with van der Waals surface area (Å²) in [5, 5.41) is 8.45. The van der Waals surface area contributed by atoms with Crippen molar-refractivity contribution in [2.75, 3.05) is 18.4 Å². The van der Waals surface area contributed by atoms with Crippen molar-refractivity contribution in [3.05, 3.63) is 40.0 Å².